The normalized spacial score (nSPS) is 28.0. The van der Waals surface area contributed by atoms with E-state index < -0.39 is 16.4 Å². The lowest BCUT2D eigenvalue weighted by atomic mass is 9.66. The highest BCUT2D eigenvalue weighted by Crippen LogP contribution is 2.65. The van der Waals surface area contributed by atoms with Crippen molar-refractivity contribution in [3.8, 4) is 0 Å². The molecule has 0 radical (unpaired) electrons. The molecule has 0 aromatic heterocycles. The number of para-hydroxylation sites is 1. The molecule has 1 heterocycles. The lowest BCUT2D eigenvalue weighted by Gasteiger charge is -2.35. The van der Waals surface area contributed by atoms with Crippen molar-refractivity contribution in [3.63, 3.8) is 0 Å². The predicted octanol–water partition coefficient (Wildman–Crippen LogP) is 4.90. The summed E-state index contributed by atoms with van der Waals surface area (Å²) in [4.78, 5) is 27.8. The number of carbonyl (C=O) groups excluding carboxylic acids is 2. The molecule has 1 N–H and O–H groups in total. The summed E-state index contributed by atoms with van der Waals surface area (Å²) >= 11 is 1.59. The van der Waals surface area contributed by atoms with E-state index in [1.54, 1.807) is 11.8 Å². The minimum absolute atomic E-state index is 0.233. The highest BCUT2D eigenvalue weighted by atomic mass is 32.2. The number of carbonyl (C=O) groups is 2. The Morgan fingerprint density at radius 3 is 2.30 bits per heavy atom. The van der Waals surface area contributed by atoms with Gasteiger partial charge >= 0.3 is 5.97 Å². The maximum Gasteiger partial charge on any atom is 0.313 e. The monoisotopic (exact) mass is 381 g/mol. The van der Waals surface area contributed by atoms with Crippen LogP contribution < -0.4 is 5.32 Å². The molecule has 4 nitrogen and oxygen atoms in total. The highest BCUT2D eigenvalue weighted by molar-refractivity contribution is 7.99. The van der Waals surface area contributed by atoms with Crippen molar-refractivity contribution in [3.05, 3.63) is 54.6 Å². The quantitative estimate of drug-likeness (QED) is 0.766. The molecule has 4 rings (SSSR count). The molecule has 1 saturated heterocycles. The molecule has 2 bridgehead atoms. The van der Waals surface area contributed by atoms with E-state index in [2.05, 4.69) is 5.32 Å². The van der Waals surface area contributed by atoms with Crippen LogP contribution in [0, 0.1) is 10.8 Å². The number of esters is 1. The van der Waals surface area contributed by atoms with Crippen LogP contribution in [0.3, 0.4) is 0 Å². The van der Waals surface area contributed by atoms with Crippen LogP contribution in [0.2, 0.25) is 0 Å². The highest BCUT2D eigenvalue weighted by Gasteiger charge is 2.75. The van der Waals surface area contributed by atoms with Gasteiger partial charge in [0, 0.05) is 15.2 Å². The SMILES string of the molecule is CC1(C)[C@]2(C)CC[C@]1(C(=O)Nc1ccccc1Sc1ccccc1)OC2=O. The molecule has 27 heavy (non-hydrogen) atoms. The summed E-state index contributed by atoms with van der Waals surface area (Å²) in [6, 6.07) is 17.7. The van der Waals surface area contributed by atoms with Crippen molar-refractivity contribution < 1.29 is 14.3 Å². The molecule has 5 heteroatoms. The molecular weight excluding hydrogens is 358 g/mol. The topological polar surface area (TPSA) is 55.4 Å². The number of hydrogen-bond acceptors (Lipinski definition) is 4. The van der Waals surface area contributed by atoms with Crippen LogP contribution in [-0.4, -0.2) is 17.5 Å². The van der Waals surface area contributed by atoms with Gasteiger partial charge in [0.05, 0.1) is 11.1 Å². The standard InChI is InChI=1S/C22H23NO3S/c1-20(2)21(3)13-14-22(20,26-19(21)25)18(24)23-16-11-7-8-12-17(16)27-15-9-5-4-6-10-15/h4-12H,13-14H2,1-3H3,(H,23,24)/t21-,22-/m1/s1. The van der Waals surface area contributed by atoms with E-state index in [0.717, 1.165) is 15.5 Å². The molecule has 2 aromatic rings. The van der Waals surface area contributed by atoms with Crippen molar-refractivity contribution in [1.29, 1.82) is 0 Å². The molecule has 1 aliphatic carbocycles. The fourth-order valence-corrected chi connectivity index (χ4v) is 5.17. The second-order valence-corrected chi connectivity index (χ2v) is 9.15. The largest absolute Gasteiger partial charge is 0.448 e. The summed E-state index contributed by atoms with van der Waals surface area (Å²) in [7, 11) is 0. The van der Waals surface area contributed by atoms with E-state index in [-0.39, 0.29) is 11.9 Å². The molecular formula is C22H23NO3S. The van der Waals surface area contributed by atoms with Crippen LogP contribution in [0.15, 0.2) is 64.4 Å². The van der Waals surface area contributed by atoms with E-state index in [9.17, 15) is 9.59 Å². The van der Waals surface area contributed by atoms with E-state index in [1.807, 2.05) is 75.4 Å². The van der Waals surface area contributed by atoms with Gasteiger partial charge in [-0.15, -0.1) is 0 Å². The molecule has 1 amide bonds. The Labute approximate surface area is 163 Å². The third kappa shape index (κ3) is 2.52. The Hall–Kier alpha value is -2.27. The summed E-state index contributed by atoms with van der Waals surface area (Å²) in [5.41, 5.74) is -1.53. The fraction of sp³-hybridized carbons (Fsp3) is 0.364. The second-order valence-electron chi connectivity index (χ2n) is 8.04. The third-order valence-electron chi connectivity index (χ3n) is 6.56. The number of nitrogens with one attached hydrogen (secondary N) is 1. The van der Waals surface area contributed by atoms with Gasteiger partial charge in [0.1, 0.15) is 0 Å². The minimum atomic E-state index is -1.11. The van der Waals surface area contributed by atoms with Gasteiger partial charge in [0.2, 0.25) is 0 Å². The summed E-state index contributed by atoms with van der Waals surface area (Å²) in [6.45, 7) is 5.85. The van der Waals surface area contributed by atoms with Crippen LogP contribution >= 0.6 is 11.8 Å². The van der Waals surface area contributed by atoms with Crippen LogP contribution in [0.5, 0.6) is 0 Å². The molecule has 0 unspecified atom stereocenters. The lowest BCUT2D eigenvalue weighted by Crippen LogP contribution is -2.50. The van der Waals surface area contributed by atoms with Crippen molar-refractivity contribution in [2.75, 3.05) is 5.32 Å². The summed E-state index contributed by atoms with van der Waals surface area (Å²) in [5, 5.41) is 3.05. The maximum absolute atomic E-state index is 13.3. The summed E-state index contributed by atoms with van der Waals surface area (Å²) in [5.74, 6) is -0.496. The van der Waals surface area contributed by atoms with Crippen LogP contribution in [0.1, 0.15) is 33.6 Å². The van der Waals surface area contributed by atoms with E-state index in [1.165, 1.54) is 0 Å². The Morgan fingerprint density at radius 1 is 1.00 bits per heavy atom. The van der Waals surface area contributed by atoms with Crippen molar-refractivity contribution >= 4 is 29.3 Å². The Kier molecular flexibility index (Phi) is 4.11. The zero-order valence-electron chi connectivity index (χ0n) is 15.7. The average Bonchev–Trinajstić information content (AvgIpc) is 2.94. The molecule has 1 saturated carbocycles. The number of rotatable bonds is 4. The van der Waals surface area contributed by atoms with Crippen molar-refractivity contribution in [2.45, 2.75) is 49.0 Å². The zero-order valence-corrected chi connectivity index (χ0v) is 16.6. The molecule has 2 aromatic carbocycles. The number of fused-ring (bicyclic) bond motifs is 2. The van der Waals surface area contributed by atoms with Crippen molar-refractivity contribution in [1.82, 2.24) is 0 Å². The Balaban J connectivity index is 1.62. The minimum Gasteiger partial charge on any atom is -0.448 e. The number of anilines is 1. The first-order valence-corrected chi connectivity index (χ1v) is 9.99. The van der Waals surface area contributed by atoms with Gasteiger partial charge in [0.25, 0.3) is 5.91 Å². The molecule has 2 aliphatic rings. The third-order valence-corrected chi connectivity index (χ3v) is 7.64. The first kappa shape index (κ1) is 18.1. The van der Waals surface area contributed by atoms with Gasteiger partial charge in [-0.2, -0.15) is 0 Å². The maximum atomic E-state index is 13.3. The van der Waals surface area contributed by atoms with Crippen LogP contribution in [0.4, 0.5) is 5.69 Å². The van der Waals surface area contributed by atoms with Gasteiger partial charge in [-0.3, -0.25) is 9.59 Å². The first-order chi connectivity index (χ1) is 12.8. The smallest absolute Gasteiger partial charge is 0.313 e. The van der Waals surface area contributed by atoms with Gasteiger partial charge in [0.15, 0.2) is 5.60 Å². The molecule has 0 spiro atoms. The zero-order chi connectivity index (χ0) is 19.3. The van der Waals surface area contributed by atoms with E-state index in [0.29, 0.717) is 12.8 Å². The lowest BCUT2D eigenvalue weighted by molar-refractivity contribution is -0.165. The van der Waals surface area contributed by atoms with Crippen LogP contribution in [0.25, 0.3) is 0 Å². The Bertz CT molecular complexity index is 911. The summed E-state index contributed by atoms with van der Waals surface area (Å²) in [6.07, 6.45) is 1.23. The molecule has 2 atom stereocenters. The van der Waals surface area contributed by atoms with Gasteiger partial charge in [-0.1, -0.05) is 55.9 Å². The molecule has 2 fully saturated rings. The van der Waals surface area contributed by atoms with Crippen LogP contribution in [-0.2, 0) is 14.3 Å². The van der Waals surface area contributed by atoms with E-state index >= 15 is 0 Å². The average molecular weight is 381 g/mol. The number of ether oxygens (including phenoxy) is 1. The fourth-order valence-electron chi connectivity index (χ4n) is 4.24. The predicted molar refractivity (Wildman–Crippen MR) is 106 cm³/mol. The number of benzene rings is 2. The van der Waals surface area contributed by atoms with Gasteiger partial charge in [-0.05, 0) is 44.0 Å². The first-order valence-electron chi connectivity index (χ1n) is 9.17. The van der Waals surface area contributed by atoms with E-state index in [4.69, 9.17) is 4.74 Å². The van der Waals surface area contributed by atoms with Gasteiger partial charge in [-0.25, -0.2) is 0 Å². The molecule has 1 aliphatic heterocycles. The Morgan fingerprint density at radius 2 is 1.67 bits per heavy atom. The number of hydrogen-bond donors (Lipinski definition) is 1. The molecule has 140 valence electrons. The van der Waals surface area contributed by atoms with Crippen molar-refractivity contribution in [2.24, 2.45) is 10.8 Å². The van der Waals surface area contributed by atoms with Gasteiger partial charge < -0.3 is 10.1 Å². The number of amides is 1. The summed E-state index contributed by atoms with van der Waals surface area (Å²) < 4.78 is 5.70. The second kappa shape index (κ2) is 6.13.